The number of benzene rings is 1. The largest absolute Gasteiger partial charge is 0.337 e. The van der Waals surface area contributed by atoms with Gasteiger partial charge in [0.2, 0.25) is 5.89 Å². The van der Waals surface area contributed by atoms with Crippen LogP contribution in [0.25, 0.3) is 0 Å². The highest BCUT2D eigenvalue weighted by Crippen LogP contribution is 2.34. The summed E-state index contributed by atoms with van der Waals surface area (Å²) in [6.07, 6.45) is 5.30. The van der Waals surface area contributed by atoms with E-state index in [1.165, 1.54) is 30.6 Å². The zero-order valence-electron chi connectivity index (χ0n) is 13.9. The lowest BCUT2D eigenvalue weighted by Gasteiger charge is -2.12. The van der Waals surface area contributed by atoms with Gasteiger partial charge in [0.05, 0.1) is 0 Å². The van der Waals surface area contributed by atoms with Gasteiger partial charge < -0.3 is 15.2 Å². The average Bonchev–Trinajstić information content (AvgIpc) is 3.21. The summed E-state index contributed by atoms with van der Waals surface area (Å²) in [5, 5.41) is 10.1. The molecule has 24 heavy (non-hydrogen) atoms. The van der Waals surface area contributed by atoms with Gasteiger partial charge in [-0.3, -0.25) is 0 Å². The lowest BCUT2D eigenvalue weighted by Crippen LogP contribution is -2.31. The molecule has 7 heteroatoms. The van der Waals surface area contributed by atoms with E-state index >= 15 is 0 Å². The van der Waals surface area contributed by atoms with Gasteiger partial charge in [-0.15, -0.1) is 11.8 Å². The van der Waals surface area contributed by atoms with E-state index in [0.29, 0.717) is 11.7 Å². The number of carbonyl (C=O) groups is 1. The predicted octanol–water partition coefficient (Wildman–Crippen LogP) is 4.30. The number of amides is 2. The minimum atomic E-state index is -0.344. The lowest BCUT2D eigenvalue weighted by atomic mass is 10.3. The van der Waals surface area contributed by atoms with Gasteiger partial charge >= 0.3 is 6.03 Å². The fourth-order valence-electron chi connectivity index (χ4n) is 2.73. The zero-order chi connectivity index (χ0) is 16.9. The van der Waals surface area contributed by atoms with Crippen molar-refractivity contribution in [2.24, 2.45) is 0 Å². The van der Waals surface area contributed by atoms with Gasteiger partial charge in [-0.2, -0.15) is 4.98 Å². The van der Waals surface area contributed by atoms with E-state index in [4.69, 9.17) is 4.52 Å². The number of nitrogens with zero attached hydrogens (tertiary/aromatic N) is 2. The van der Waals surface area contributed by atoms with Crippen molar-refractivity contribution < 1.29 is 9.32 Å². The Morgan fingerprint density at radius 2 is 2.00 bits per heavy atom. The standard InChI is InChI=1S/C17H22N4O2S/c1-11(16-19-12(2)21-23-16)18-17(22)20-13-7-9-15(10-8-13)24-14-5-3-4-6-14/h7-11,14H,3-6H2,1-2H3,(H2,18,20,22). The van der Waals surface area contributed by atoms with Crippen LogP contribution in [-0.4, -0.2) is 21.4 Å². The van der Waals surface area contributed by atoms with Crippen LogP contribution in [0.5, 0.6) is 0 Å². The van der Waals surface area contributed by atoms with Crippen LogP contribution in [0, 0.1) is 6.92 Å². The molecule has 0 bridgehead atoms. The topological polar surface area (TPSA) is 80.0 Å². The van der Waals surface area contributed by atoms with Gasteiger partial charge in [-0.25, -0.2) is 4.79 Å². The molecule has 2 aromatic rings. The van der Waals surface area contributed by atoms with Crippen LogP contribution in [0.1, 0.15) is 50.4 Å². The van der Waals surface area contributed by atoms with Crippen molar-refractivity contribution in [1.29, 1.82) is 0 Å². The Kier molecular flexibility index (Phi) is 5.40. The first kappa shape index (κ1) is 16.8. The first-order valence-corrected chi connectivity index (χ1v) is 9.12. The number of rotatable bonds is 5. The van der Waals surface area contributed by atoms with Crippen molar-refractivity contribution in [3.63, 3.8) is 0 Å². The van der Waals surface area contributed by atoms with E-state index in [-0.39, 0.29) is 12.1 Å². The number of carbonyl (C=O) groups excluding carboxylic acids is 1. The Bertz CT molecular complexity index is 680. The molecule has 1 atom stereocenters. The fraction of sp³-hybridized carbons (Fsp3) is 0.471. The maximum Gasteiger partial charge on any atom is 0.319 e. The molecule has 2 N–H and O–H groups in total. The molecule has 0 spiro atoms. The Morgan fingerprint density at radius 3 is 2.62 bits per heavy atom. The van der Waals surface area contributed by atoms with Crippen molar-refractivity contribution in [2.75, 3.05) is 5.32 Å². The van der Waals surface area contributed by atoms with E-state index in [2.05, 4.69) is 32.9 Å². The summed E-state index contributed by atoms with van der Waals surface area (Å²) in [4.78, 5) is 17.4. The highest BCUT2D eigenvalue weighted by atomic mass is 32.2. The second-order valence-corrected chi connectivity index (χ2v) is 7.42. The van der Waals surface area contributed by atoms with E-state index < -0.39 is 0 Å². The molecule has 1 aliphatic rings. The summed E-state index contributed by atoms with van der Waals surface area (Å²) in [5.41, 5.74) is 0.761. The molecule has 1 saturated carbocycles. The first-order valence-electron chi connectivity index (χ1n) is 8.24. The number of nitrogens with one attached hydrogen (secondary N) is 2. The normalized spacial score (nSPS) is 16.1. The molecular weight excluding hydrogens is 324 g/mol. The maximum atomic E-state index is 12.0. The second-order valence-electron chi connectivity index (χ2n) is 6.05. The molecule has 128 valence electrons. The smallest absolute Gasteiger partial charge is 0.319 e. The Hall–Kier alpha value is -2.02. The van der Waals surface area contributed by atoms with Gasteiger partial charge in [-0.1, -0.05) is 18.0 Å². The highest BCUT2D eigenvalue weighted by Gasteiger charge is 2.17. The van der Waals surface area contributed by atoms with E-state index in [1.807, 2.05) is 23.9 Å². The van der Waals surface area contributed by atoms with Crippen LogP contribution in [0.2, 0.25) is 0 Å². The third-order valence-electron chi connectivity index (χ3n) is 3.98. The number of hydrogen-bond donors (Lipinski definition) is 2. The number of thioether (sulfide) groups is 1. The van der Waals surface area contributed by atoms with Gasteiger partial charge in [0.15, 0.2) is 5.82 Å². The molecule has 0 aliphatic heterocycles. The quantitative estimate of drug-likeness (QED) is 0.844. The molecule has 2 amide bonds. The molecular formula is C17H22N4O2S. The molecule has 1 aromatic heterocycles. The van der Waals surface area contributed by atoms with E-state index in [1.54, 1.807) is 13.8 Å². The molecule has 0 saturated heterocycles. The van der Waals surface area contributed by atoms with Crippen molar-refractivity contribution in [2.45, 2.75) is 55.7 Å². The molecule has 1 fully saturated rings. The van der Waals surface area contributed by atoms with Crippen molar-refractivity contribution in [3.8, 4) is 0 Å². The van der Waals surface area contributed by atoms with Crippen molar-refractivity contribution in [1.82, 2.24) is 15.5 Å². The van der Waals surface area contributed by atoms with Gasteiger partial charge in [0.25, 0.3) is 0 Å². The molecule has 0 radical (unpaired) electrons. The Balaban J connectivity index is 1.50. The number of anilines is 1. The highest BCUT2D eigenvalue weighted by molar-refractivity contribution is 8.00. The number of urea groups is 1. The average molecular weight is 346 g/mol. The summed E-state index contributed by atoms with van der Waals surface area (Å²) in [5.74, 6) is 0.945. The third kappa shape index (κ3) is 4.50. The van der Waals surface area contributed by atoms with E-state index in [0.717, 1.165) is 10.9 Å². The summed E-state index contributed by atoms with van der Waals surface area (Å²) >= 11 is 1.93. The minimum absolute atomic E-state index is 0.297. The van der Waals surface area contributed by atoms with Gasteiger partial charge in [-0.05, 0) is 51.0 Å². The van der Waals surface area contributed by atoms with Crippen molar-refractivity contribution in [3.05, 3.63) is 36.0 Å². The van der Waals surface area contributed by atoms with Gasteiger partial charge in [0.1, 0.15) is 6.04 Å². The van der Waals surface area contributed by atoms with Crippen molar-refractivity contribution >= 4 is 23.5 Å². The summed E-state index contributed by atoms with van der Waals surface area (Å²) < 4.78 is 5.05. The zero-order valence-corrected chi connectivity index (χ0v) is 14.7. The number of aryl methyl sites for hydroxylation is 1. The lowest BCUT2D eigenvalue weighted by molar-refractivity contribution is 0.245. The molecule has 1 aliphatic carbocycles. The summed E-state index contributed by atoms with van der Waals surface area (Å²) in [6.45, 7) is 3.54. The van der Waals surface area contributed by atoms with Crippen LogP contribution in [0.4, 0.5) is 10.5 Å². The molecule has 1 heterocycles. The molecule has 1 unspecified atom stereocenters. The second kappa shape index (κ2) is 7.70. The van der Waals surface area contributed by atoms with Crippen LogP contribution < -0.4 is 10.6 Å². The SMILES string of the molecule is Cc1noc(C(C)NC(=O)Nc2ccc(SC3CCCC3)cc2)n1. The Morgan fingerprint density at radius 1 is 1.29 bits per heavy atom. The monoisotopic (exact) mass is 346 g/mol. The van der Waals surface area contributed by atoms with Crippen LogP contribution in [-0.2, 0) is 0 Å². The number of hydrogen-bond acceptors (Lipinski definition) is 5. The summed E-state index contributed by atoms with van der Waals surface area (Å²) in [7, 11) is 0. The molecule has 1 aromatic carbocycles. The predicted molar refractivity (Wildman–Crippen MR) is 94.2 cm³/mol. The van der Waals surface area contributed by atoms with Crippen LogP contribution >= 0.6 is 11.8 Å². The summed E-state index contributed by atoms with van der Waals surface area (Å²) in [6, 6.07) is 7.33. The van der Waals surface area contributed by atoms with E-state index in [9.17, 15) is 4.79 Å². The minimum Gasteiger partial charge on any atom is -0.337 e. The fourth-order valence-corrected chi connectivity index (χ4v) is 3.98. The molecule has 3 rings (SSSR count). The molecule has 6 nitrogen and oxygen atoms in total. The van der Waals surface area contributed by atoms with Crippen LogP contribution in [0.3, 0.4) is 0 Å². The maximum absolute atomic E-state index is 12.0. The van der Waals surface area contributed by atoms with Gasteiger partial charge in [0, 0.05) is 15.8 Å². The number of aromatic nitrogens is 2. The third-order valence-corrected chi connectivity index (χ3v) is 5.33. The van der Waals surface area contributed by atoms with Crippen LogP contribution in [0.15, 0.2) is 33.7 Å². The first-order chi connectivity index (χ1) is 11.6. The Labute approximate surface area is 145 Å².